The molecule has 0 spiro atoms. The maximum atomic E-state index is 5.69. The monoisotopic (exact) mass is 213 g/mol. The van der Waals surface area contributed by atoms with Gasteiger partial charge in [0.1, 0.15) is 12.6 Å². The molecule has 2 nitrogen and oxygen atoms in total. The van der Waals surface area contributed by atoms with Crippen LogP contribution in [-0.2, 0) is 4.74 Å². The Morgan fingerprint density at radius 2 is 2.06 bits per heavy atom. The first-order valence-corrected chi connectivity index (χ1v) is 5.88. The van der Waals surface area contributed by atoms with Crippen molar-refractivity contribution in [1.29, 1.82) is 0 Å². The van der Waals surface area contributed by atoms with E-state index in [4.69, 9.17) is 4.74 Å². The molecule has 1 aromatic rings. The highest BCUT2D eigenvalue weighted by Gasteiger charge is 2.23. The maximum absolute atomic E-state index is 5.69. The third-order valence-corrected chi connectivity index (χ3v) is 3.15. The molecule has 82 valence electrons. The summed E-state index contributed by atoms with van der Waals surface area (Å²) in [4.78, 5) is 4.67. The van der Waals surface area contributed by atoms with Gasteiger partial charge in [0.05, 0.1) is 0 Å². The van der Waals surface area contributed by atoms with Gasteiger partial charge in [0, 0.05) is 5.57 Å². The van der Waals surface area contributed by atoms with Crippen LogP contribution in [0.2, 0.25) is 0 Å². The summed E-state index contributed by atoms with van der Waals surface area (Å²) in [5.74, 6) is 0.881. The van der Waals surface area contributed by atoms with E-state index in [0.717, 1.165) is 12.3 Å². The molecule has 0 radical (unpaired) electrons. The highest BCUT2D eigenvalue weighted by molar-refractivity contribution is 5.95. The normalized spacial score (nSPS) is 23.9. The topological polar surface area (TPSA) is 21.6 Å². The van der Waals surface area contributed by atoms with Crippen molar-refractivity contribution < 1.29 is 4.74 Å². The van der Waals surface area contributed by atoms with Gasteiger partial charge in [0.15, 0.2) is 0 Å². The summed E-state index contributed by atoms with van der Waals surface area (Å²) in [5.41, 5.74) is 2.55. The van der Waals surface area contributed by atoms with Gasteiger partial charge in [-0.3, -0.25) is 0 Å². The molecule has 1 atom stereocenters. The van der Waals surface area contributed by atoms with Crippen LogP contribution in [0.15, 0.2) is 47.0 Å². The van der Waals surface area contributed by atoms with Gasteiger partial charge < -0.3 is 4.74 Å². The molecule has 0 amide bonds. The van der Waals surface area contributed by atoms with Crippen LogP contribution in [0.4, 0.5) is 0 Å². The first-order chi connectivity index (χ1) is 7.93. The van der Waals surface area contributed by atoms with E-state index in [0.29, 0.717) is 6.61 Å². The number of rotatable bonds is 2. The van der Waals surface area contributed by atoms with Gasteiger partial charge in [-0.2, -0.15) is 0 Å². The van der Waals surface area contributed by atoms with Crippen molar-refractivity contribution in [2.45, 2.75) is 25.3 Å². The van der Waals surface area contributed by atoms with E-state index in [9.17, 15) is 0 Å². The van der Waals surface area contributed by atoms with Crippen molar-refractivity contribution in [3.05, 3.63) is 47.5 Å². The zero-order valence-corrected chi connectivity index (χ0v) is 9.23. The summed E-state index contributed by atoms with van der Waals surface area (Å²) in [5, 5.41) is 0. The Morgan fingerprint density at radius 3 is 2.81 bits per heavy atom. The van der Waals surface area contributed by atoms with Gasteiger partial charge in [0.2, 0.25) is 5.90 Å². The Morgan fingerprint density at radius 1 is 1.19 bits per heavy atom. The van der Waals surface area contributed by atoms with Crippen LogP contribution in [0.1, 0.15) is 30.9 Å². The molecule has 1 aliphatic carbocycles. The lowest BCUT2D eigenvalue weighted by molar-refractivity contribution is 0.318. The summed E-state index contributed by atoms with van der Waals surface area (Å²) < 4.78 is 5.69. The molecule has 0 saturated carbocycles. The fourth-order valence-corrected chi connectivity index (χ4v) is 2.26. The Labute approximate surface area is 95.7 Å². The van der Waals surface area contributed by atoms with Crippen molar-refractivity contribution in [2.75, 3.05) is 6.61 Å². The van der Waals surface area contributed by atoms with E-state index in [1.807, 2.05) is 6.07 Å². The first kappa shape index (κ1) is 9.64. The van der Waals surface area contributed by atoms with Crippen molar-refractivity contribution >= 4 is 5.90 Å². The lowest BCUT2D eigenvalue weighted by Crippen LogP contribution is -2.01. The molecule has 0 saturated heterocycles. The molecule has 16 heavy (non-hydrogen) atoms. The van der Waals surface area contributed by atoms with Gasteiger partial charge in [-0.15, -0.1) is 0 Å². The molecule has 1 aromatic carbocycles. The molecule has 2 aliphatic rings. The number of hydrogen-bond donors (Lipinski definition) is 0. The quantitative estimate of drug-likeness (QED) is 0.738. The fourth-order valence-electron chi connectivity index (χ4n) is 2.26. The van der Waals surface area contributed by atoms with Gasteiger partial charge >= 0.3 is 0 Å². The number of ether oxygens (including phenoxy) is 1. The Hall–Kier alpha value is -1.57. The van der Waals surface area contributed by atoms with Crippen LogP contribution < -0.4 is 0 Å². The molecule has 0 unspecified atom stereocenters. The third-order valence-electron chi connectivity index (χ3n) is 3.15. The van der Waals surface area contributed by atoms with Crippen molar-refractivity contribution in [2.24, 2.45) is 4.99 Å². The number of aliphatic imine (C=N–C) groups is 1. The van der Waals surface area contributed by atoms with Gasteiger partial charge in [0.25, 0.3) is 0 Å². The Balaban J connectivity index is 1.81. The highest BCUT2D eigenvalue weighted by Crippen LogP contribution is 2.28. The molecule has 0 N–H and O–H groups in total. The van der Waals surface area contributed by atoms with Gasteiger partial charge in [-0.1, -0.05) is 36.4 Å². The molecule has 0 bridgehead atoms. The maximum Gasteiger partial charge on any atom is 0.212 e. The summed E-state index contributed by atoms with van der Waals surface area (Å²) >= 11 is 0. The molecule has 1 heterocycles. The molecule has 2 heteroatoms. The van der Waals surface area contributed by atoms with E-state index in [1.165, 1.54) is 24.0 Å². The number of benzene rings is 1. The van der Waals surface area contributed by atoms with Crippen LogP contribution in [0.25, 0.3) is 0 Å². The number of hydrogen-bond acceptors (Lipinski definition) is 2. The van der Waals surface area contributed by atoms with Crippen LogP contribution >= 0.6 is 0 Å². The highest BCUT2D eigenvalue weighted by atomic mass is 16.5. The molecule has 1 aliphatic heterocycles. The smallest absolute Gasteiger partial charge is 0.212 e. The zero-order valence-electron chi connectivity index (χ0n) is 9.23. The largest absolute Gasteiger partial charge is 0.475 e. The Kier molecular flexibility index (Phi) is 2.49. The second-order valence-electron chi connectivity index (χ2n) is 4.29. The van der Waals surface area contributed by atoms with Crippen LogP contribution in [-0.4, -0.2) is 12.5 Å². The lowest BCUT2D eigenvalue weighted by Gasteiger charge is -2.03. The molecular weight excluding hydrogens is 198 g/mol. The van der Waals surface area contributed by atoms with Gasteiger partial charge in [-0.05, 0) is 24.8 Å². The standard InChI is InChI=1S/C14H15NO/c1-2-6-11(7-3-1)13-10-16-14(15-13)12-8-4-5-9-12/h1-3,6-8,13H,4-5,9-10H2/t13-/m1/s1. The minimum atomic E-state index is 0.192. The second-order valence-corrected chi connectivity index (χ2v) is 4.29. The predicted octanol–water partition coefficient (Wildman–Crippen LogP) is 3.27. The van der Waals surface area contributed by atoms with E-state index in [1.54, 1.807) is 0 Å². The van der Waals surface area contributed by atoms with Crippen LogP contribution in [0, 0.1) is 0 Å². The van der Waals surface area contributed by atoms with E-state index in [2.05, 4.69) is 35.3 Å². The third kappa shape index (κ3) is 1.75. The van der Waals surface area contributed by atoms with Crippen molar-refractivity contribution in [3.8, 4) is 0 Å². The van der Waals surface area contributed by atoms with E-state index < -0.39 is 0 Å². The summed E-state index contributed by atoms with van der Waals surface area (Å²) in [6.07, 6.45) is 5.80. The average molecular weight is 213 g/mol. The van der Waals surface area contributed by atoms with Crippen molar-refractivity contribution in [1.82, 2.24) is 0 Å². The molecular formula is C14H15NO. The lowest BCUT2D eigenvalue weighted by atomic mass is 10.1. The molecule has 0 aromatic heterocycles. The predicted molar refractivity (Wildman–Crippen MR) is 64.5 cm³/mol. The molecule has 3 rings (SSSR count). The van der Waals surface area contributed by atoms with Crippen LogP contribution in [0.3, 0.4) is 0 Å². The Bertz CT molecular complexity index is 433. The van der Waals surface area contributed by atoms with E-state index >= 15 is 0 Å². The summed E-state index contributed by atoms with van der Waals surface area (Å²) in [7, 11) is 0. The number of nitrogens with zero attached hydrogens (tertiary/aromatic N) is 1. The SMILES string of the molecule is C1=C(C2=N[C@@H](c3ccccc3)CO2)CCC1. The van der Waals surface area contributed by atoms with Crippen molar-refractivity contribution in [3.63, 3.8) is 0 Å². The summed E-state index contributed by atoms with van der Waals surface area (Å²) in [6.45, 7) is 0.691. The van der Waals surface area contributed by atoms with Crippen LogP contribution in [0.5, 0.6) is 0 Å². The van der Waals surface area contributed by atoms with E-state index in [-0.39, 0.29) is 6.04 Å². The summed E-state index contributed by atoms with van der Waals surface area (Å²) in [6, 6.07) is 10.6. The number of allylic oxidation sites excluding steroid dienone is 1. The minimum absolute atomic E-state index is 0.192. The second kappa shape index (κ2) is 4.12. The minimum Gasteiger partial charge on any atom is -0.475 e. The average Bonchev–Trinajstić information content (AvgIpc) is 3.01. The zero-order chi connectivity index (χ0) is 10.8. The van der Waals surface area contributed by atoms with Gasteiger partial charge in [-0.25, -0.2) is 4.99 Å². The first-order valence-electron chi connectivity index (χ1n) is 5.88. The fraction of sp³-hybridized carbons (Fsp3) is 0.357. The molecule has 0 fully saturated rings.